The fraction of sp³-hybridized carbons (Fsp3) is 0.333. The molecule has 1 atom stereocenters. The Morgan fingerprint density at radius 1 is 0.960 bits per heavy atom. The Morgan fingerprint density at radius 3 is 2.16 bits per heavy atom. The number of amides is 1. The van der Waals surface area contributed by atoms with E-state index in [2.05, 4.69) is 13.8 Å². The van der Waals surface area contributed by atoms with Crippen LogP contribution in [0, 0.1) is 11.8 Å². The molecule has 0 saturated heterocycles. The number of hydrogen-bond acceptors (Lipinski definition) is 3. The fourth-order valence-corrected chi connectivity index (χ4v) is 2.98. The van der Waals surface area contributed by atoms with E-state index in [1.807, 2.05) is 42.5 Å². The van der Waals surface area contributed by atoms with Crippen LogP contribution in [0.5, 0.6) is 0 Å². The van der Waals surface area contributed by atoms with Crippen molar-refractivity contribution in [3.8, 4) is 0 Å². The van der Waals surface area contributed by atoms with Crippen molar-refractivity contribution < 1.29 is 14.8 Å². The van der Waals surface area contributed by atoms with Crippen LogP contribution >= 0.6 is 0 Å². The second kappa shape index (κ2) is 9.14. The van der Waals surface area contributed by atoms with Crippen molar-refractivity contribution in [3.63, 3.8) is 0 Å². The van der Waals surface area contributed by atoms with Gasteiger partial charge in [0.05, 0.1) is 0 Å². The maximum absolute atomic E-state index is 12.8. The molecular formula is C21H25NO3. The first-order chi connectivity index (χ1) is 12.0. The van der Waals surface area contributed by atoms with Crippen LogP contribution in [0.25, 0.3) is 0 Å². The molecule has 0 aromatic heterocycles. The Kier molecular flexibility index (Phi) is 6.90. The molecule has 2 rings (SSSR count). The van der Waals surface area contributed by atoms with Gasteiger partial charge >= 0.3 is 0 Å². The largest absolute Gasteiger partial charge is 0.299 e. The number of nitrogens with one attached hydrogen (secondary N) is 1. The van der Waals surface area contributed by atoms with E-state index < -0.39 is 5.91 Å². The molecule has 0 spiro atoms. The molecule has 0 aliphatic heterocycles. The Morgan fingerprint density at radius 2 is 1.60 bits per heavy atom. The van der Waals surface area contributed by atoms with Crippen LogP contribution in [0.15, 0.2) is 54.6 Å². The number of hydrogen-bond donors (Lipinski definition) is 2. The van der Waals surface area contributed by atoms with Gasteiger partial charge in [0.2, 0.25) is 0 Å². The van der Waals surface area contributed by atoms with Crippen LogP contribution < -0.4 is 5.48 Å². The summed E-state index contributed by atoms with van der Waals surface area (Å²) in [5, 5.41) is 8.67. The van der Waals surface area contributed by atoms with Gasteiger partial charge in [0, 0.05) is 17.9 Å². The smallest absolute Gasteiger partial charge is 0.274 e. The summed E-state index contributed by atoms with van der Waals surface area (Å²) in [6, 6.07) is 16.8. The van der Waals surface area contributed by atoms with Gasteiger partial charge in [-0.3, -0.25) is 14.8 Å². The maximum atomic E-state index is 12.8. The summed E-state index contributed by atoms with van der Waals surface area (Å²) in [5.74, 6) is 0.101. The summed E-state index contributed by atoms with van der Waals surface area (Å²) < 4.78 is 0. The Labute approximate surface area is 148 Å². The summed E-state index contributed by atoms with van der Waals surface area (Å²) in [6.07, 6.45) is 1.94. The normalized spacial score (nSPS) is 12.0. The van der Waals surface area contributed by atoms with Crippen LogP contribution in [0.1, 0.15) is 41.8 Å². The van der Waals surface area contributed by atoms with Crippen molar-refractivity contribution in [2.75, 3.05) is 0 Å². The average molecular weight is 339 g/mol. The van der Waals surface area contributed by atoms with Crippen molar-refractivity contribution in [2.24, 2.45) is 11.8 Å². The predicted molar refractivity (Wildman–Crippen MR) is 97.5 cm³/mol. The lowest BCUT2D eigenvalue weighted by Crippen LogP contribution is -2.21. The molecule has 1 amide bonds. The highest BCUT2D eigenvalue weighted by molar-refractivity contribution is 5.93. The minimum absolute atomic E-state index is 0.0438. The lowest BCUT2D eigenvalue weighted by Gasteiger charge is -2.18. The first-order valence-corrected chi connectivity index (χ1v) is 8.59. The average Bonchev–Trinajstić information content (AvgIpc) is 2.61. The first-order valence-electron chi connectivity index (χ1n) is 8.59. The van der Waals surface area contributed by atoms with E-state index in [0.717, 1.165) is 17.5 Å². The molecule has 0 bridgehead atoms. The molecule has 132 valence electrons. The standard InChI is InChI=1S/C21H25NO3/c1-15(2)12-19(20(23)14-16-6-4-3-5-7-16)13-17-8-10-18(11-9-17)21(24)22-25/h3-11,15,19,25H,12-14H2,1-2H3,(H,22,24). The van der Waals surface area contributed by atoms with Gasteiger partial charge in [-0.2, -0.15) is 0 Å². The van der Waals surface area contributed by atoms with Gasteiger partial charge in [0.25, 0.3) is 5.91 Å². The number of rotatable bonds is 8. The maximum Gasteiger partial charge on any atom is 0.274 e. The summed E-state index contributed by atoms with van der Waals surface area (Å²) in [4.78, 5) is 24.2. The van der Waals surface area contributed by atoms with Crippen molar-refractivity contribution >= 4 is 11.7 Å². The number of carbonyl (C=O) groups is 2. The summed E-state index contributed by atoms with van der Waals surface area (Å²) >= 11 is 0. The Bertz CT molecular complexity index is 693. The molecule has 4 heteroatoms. The number of benzene rings is 2. The zero-order valence-electron chi connectivity index (χ0n) is 14.7. The van der Waals surface area contributed by atoms with Gasteiger partial charge in [-0.1, -0.05) is 56.3 Å². The van der Waals surface area contributed by atoms with Crippen molar-refractivity contribution in [3.05, 3.63) is 71.3 Å². The molecule has 0 radical (unpaired) electrons. The van der Waals surface area contributed by atoms with Crippen LogP contribution in [-0.2, 0) is 17.6 Å². The van der Waals surface area contributed by atoms with Gasteiger partial charge in [-0.05, 0) is 42.0 Å². The van der Waals surface area contributed by atoms with E-state index in [1.54, 1.807) is 17.6 Å². The van der Waals surface area contributed by atoms with Crippen LogP contribution in [-0.4, -0.2) is 16.9 Å². The summed E-state index contributed by atoms with van der Waals surface area (Å²) in [6.45, 7) is 4.25. The molecular weight excluding hydrogens is 314 g/mol. The van der Waals surface area contributed by atoms with E-state index in [4.69, 9.17) is 5.21 Å². The van der Waals surface area contributed by atoms with Gasteiger partial charge in [-0.25, -0.2) is 5.48 Å². The minimum atomic E-state index is -0.537. The minimum Gasteiger partial charge on any atom is -0.299 e. The molecule has 0 heterocycles. The molecule has 0 aliphatic carbocycles. The highest BCUT2D eigenvalue weighted by Gasteiger charge is 2.20. The second-order valence-electron chi connectivity index (χ2n) is 6.80. The Hall–Kier alpha value is -2.46. The highest BCUT2D eigenvalue weighted by atomic mass is 16.5. The van der Waals surface area contributed by atoms with Gasteiger partial charge < -0.3 is 0 Å². The molecule has 0 fully saturated rings. The third-order valence-electron chi connectivity index (χ3n) is 4.23. The zero-order valence-corrected chi connectivity index (χ0v) is 14.7. The topological polar surface area (TPSA) is 66.4 Å². The van der Waals surface area contributed by atoms with Crippen molar-refractivity contribution in [1.82, 2.24) is 5.48 Å². The second-order valence-corrected chi connectivity index (χ2v) is 6.80. The lowest BCUT2D eigenvalue weighted by atomic mass is 9.85. The number of carbonyl (C=O) groups excluding carboxylic acids is 2. The van der Waals surface area contributed by atoms with Gasteiger partial charge in [0.15, 0.2) is 0 Å². The van der Waals surface area contributed by atoms with Crippen molar-refractivity contribution in [2.45, 2.75) is 33.1 Å². The monoisotopic (exact) mass is 339 g/mol. The first kappa shape index (κ1) is 18.9. The van der Waals surface area contributed by atoms with Gasteiger partial charge in [-0.15, -0.1) is 0 Å². The van der Waals surface area contributed by atoms with Crippen molar-refractivity contribution in [1.29, 1.82) is 0 Å². The van der Waals surface area contributed by atoms with E-state index in [9.17, 15) is 9.59 Å². The van der Waals surface area contributed by atoms with Gasteiger partial charge in [0.1, 0.15) is 5.78 Å². The molecule has 2 aromatic rings. The summed E-state index contributed by atoms with van der Waals surface area (Å²) in [7, 11) is 0. The highest BCUT2D eigenvalue weighted by Crippen LogP contribution is 2.21. The fourth-order valence-electron chi connectivity index (χ4n) is 2.98. The molecule has 25 heavy (non-hydrogen) atoms. The molecule has 0 aliphatic rings. The molecule has 2 aromatic carbocycles. The molecule has 1 unspecified atom stereocenters. The van der Waals surface area contributed by atoms with E-state index in [-0.39, 0.29) is 11.7 Å². The third-order valence-corrected chi connectivity index (χ3v) is 4.23. The SMILES string of the molecule is CC(C)CC(Cc1ccc(C(=O)NO)cc1)C(=O)Cc1ccccc1. The van der Waals surface area contributed by atoms with Crippen LogP contribution in [0.3, 0.4) is 0 Å². The zero-order chi connectivity index (χ0) is 18.2. The molecule has 2 N–H and O–H groups in total. The van der Waals surface area contributed by atoms with E-state index in [0.29, 0.717) is 24.3 Å². The lowest BCUT2D eigenvalue weighted by molar-refractivity contribution is -0.122. The summed E-state index contributed by atoms with van der Waals surface area (Å²) in [5.41, 5.74) is 4.06. The quantitative estimate of drug-likeness (QED) is 0.567. The number of Topliss-reactive ketones (excluding diaryl/α,β-unsaturated/α-hetero) is 1. The number of hydroxylamine groups is 1. The number of ketones is 1. The third kappa shape index (κ3) is 5.84. The Balaban J connectivity index is 2.09. The van der Waals surface area contributed by atoms with E-state index >= 15 is 0 Å². The molecule has 0 saturated carbocycles. The van der Waals surface area contributed by atoms with E-state index in [1.165, 1.54) is 0 Å². The van der Waals surface area contributed by atoms with Crippen LogP contribution in [0.2, 0.25) is 0 Å². The molecule has 4 nitrogen and oxygen atoms in total. The van der Waals surface area contributed by atoms with Crippen LogP contribution in [0.4, 0.5) is 0 Å². The predicted octanol–water partition coefficient (Wildman–Crippen LogP) is 3.82.